The quantitative estimate of drug-likeness (QED) is 0.150. The Kier molecular flexibility index (Phi) is 8.29. The molecule has 1 aromatic heterocycles. The fourth-order valence-electron chi connectivity index (χ4n) is 4.73. The maximum atomic E-state index is 14.7. The van der Waals surface area contributed by atoms with E-state index >= 15 is 0 Å². The SMILES string of the molecule is CC(C)(C)OC(=O)[C@](Cc1ccccc1)(C(=O)OC(c1ccccc1)c1ccccc1)n1cc(-c2ccccc2)nn1. The number of carbonyl (C=O) groups is 2. The van der Waals surface area contributed by atoms with E-state index in [1.54, 1.807) is 27.0 Å². The summed E-state index contributed by atoms with van der Waals surface area (Å²) in [5.74, 6) is -1.59. The van der Waals surface area contributed by atoms with Gasteiger partial charge >= 0.3 is 11.9 Å². The smallest absolute Gasteiger partial charge is 0.347 e. The highest BCUT2D eigenvalue weighted by atomic mass is 16.6. The molecule has 0 saturated carbocycles. The standard InChI is InChI=1S/C35H33N3O4/c1-34(2,3)42-33(40)35(24-26-16-8-4-9-17-26,38-25-30(36-37-38)27-18-10-5-11-19-27)32(39)41-31(28-20-12-6-13-21-28)29-22-14-7-15-23-29/h4-23,25,31H,24H2,1-3H3/t35-/m0/s1. The Labute approximate surface area is 245 Å². The van der Waals surface area contributed by atoms with Gasteiger partial charge in [0.05, 0.1) is 6.20 Å². The molecule has 0 bridgehead atoms. The molecular weight excluding hydrogens is 526 g/mol. The number of benzene rings is 4. The molecule has 0 aliphatic heterocycles. The van der Waals surface area contributed by atoms with Crippen LogP contribution in [-0.4, -0.2) is 32.5 Å². The van der Waals surface area contributed by atoms with Gasteiger partial charge in [0.25, 0.3) is 5.54 Å². The van der Waals surface area contributed by atoms with Crippen molar-refractivity contribution >= 4 is 11.9 Å². The third kappa shape index (κ3) is 6.31. The van der Waals surface area contributed by atoms with Crippen LogP contribution in [0.3, 0.4) is 0 Å². The molecule has 0 aliphatic carbocycles. The van der Waals surface area contributed by atoms with Gasteiger partial charge in [-0.1, -0.05) is 127 Å². The first kappa shape index (κ1) is 28.5. The van der Waals surface area contributed by atoms with Crippen LogP contribution in [0, 0.1) is 0 Å². The summed E-state index contributed by atoms with van der Waals surface area (Å²) >= 11 is 0. The first-order chi connectivity index (χ1) is 20.3. The van der Waals surface area contributed by atoms with E-state index in [9.17, 15) is 9.59 Å². The lowest BCUT2D eigenvalue weighted by Gasteiger charge is -2.34. The van der Waals surface area contributed by atoms with Crippen LogP contribution in [0.1, 0.15) is 43.6 Å². The van der Waals surface area contributed by atoms with Crippen molar-refractivity contribution < 1.29 is 19.1 Å². The van der Waals surface area contributed by atoms with Crippen molar-refractivity contribution in [2.45, 2.75) is 44.4 Å². The monoisotopic (exact) mass is 559 g/mol. The van der Waals surface area contributed by atoms with Gasteiger partial charge in [-0.25, -0.2) is 14.3 Å². The fourth-order valence-corrected chi connectivity index (χ4v) is 4.73. The summed E-state index contributed by atoms with van der Waals surface area (Å²) in [5, 5.41) is 8.70. The molecule has 0 amide bonds. The number of aromatic nitrogens is 3. The molecule has 7 heteroatoms. The van der Waals surface area contributed by atoms with Gasteiger partial charge in [-0.3, -0.25) is 0 Å². The zero-order valence-electron chi connectivity index (χ0n) is 23.9. The van der Waals surface area contributed by atoms with Crippen molar-refractivity contribution in [3.63, 3.8) is 0 Å². The Morgan fingerprint density at radius 2 is 1.21 bits per heavy atom. The fraction of sp³-hybridized carbons (Fsp3) is 0.200. The largest absolute Gasteiger partial charge is 0.458 e. The van der Waals surface area contributed by atoms with E-state index in [-0.39, 0.29) is 6.42 Å². The molecule has 4 aromatic carbocycles. The molecule has 7 nitrogen and oxygen atoms in total. The highest BCUT2D eigenvalue weighted by molar-refractivity contribution is 6.03. The average molecular weight is 560 g/mol. The molecule has 0 spiro atoms. The predicted molar refractivity (Wildman–Crippen MR) is 160 cm³/mol. The van der Waals surface area contributed by atoms with Crippen molar-refractivity contribution in [2.24, 2.45) is 0 Å². The first-order valence-electron chi connectivity index (χ1n) is 13.8. The van der Waals surface area contributed by atoms with Crippen molar-refractivity contribution in [1.82, 2.24) is 15.0 Å². The molecule has 0 aliphatic rings. The number of ether oxygens (including phenoxy) is 2. The Morgan fingerprint density at radius 3 is 1.74 bits per heavy atom. The number of nitrogens with zero attached hydrogens (tertiary/aromatic N) is 3. The summed E-state index contributed by atoms with van der Waals surface area (Å²) in [6.07, 6.45) is 0.758. The Morgan fingerprint density at radius 1 is 0.714 bits per heavy atom. The molecule has 0 unspecified atom stereocenters. The van der Waals surface area contributed by atoms with Crippen LogP contribution in [0.2, 0.25) is 0 Å². The van der Waals surface area contributed by atoms with Gasteiger partial charge in [0.2, 0.25) is 0 Å². The van der Waals surface area contributed by atoms with Crippen LogP contribution in [0.4, 0.5) is 0 Å². The Bertz CT molecular complexity index is 1580. The molecular formula is C35H33N3O4. The van der Waals surface area contributed by atoms with Crippen molar-refractivity contribution in [1.29, 1.82) is 0 Å². The van der Waals surface area contributed by atoms with E-state index in [0.29, 0.717) is 5.69 Å². The normalized spacial score (nSPS) is 12.9. The second-order valence-corrected chi connectivity index (χ2v) is 11.0. The van der Waals surface area contributed by atoms with Crippen molar-refractivity contribution in [3.05, 3.63) is 144 Å². The molecule has 212 valence electrons. The number of hydrogen-bond acceptors (Lipinski definition) is 6. The Hall–Kier alpha value is -5.04. The molecule has 0 fully saturated rings. The molecule has 0 radical (unpaired) electrons. The predicted octanol–water partition coefficient (Wildman–Crippen LogP) is 6.56. The topological polar surface area (TPSA) is 83.3 Å². The van der Waals surface area contributed by atoms with E-state index in [1.807, 2.05) is 121 Å². The van der Waals surface area contributed by atoms with E-state index in [0.717, 1.165) is 22.3 Å². The zero-order valence-corrected chi connectivity index (χ0v) is 23.9. The third-order valence-electron chi connectivity index (χ3n) is 6.76. The summed E-state index contributed by atoms with van der Waals surface area (Å²) in [5.41, 5.74) is 0.648. The lowest BCUT2D eigenvalue weighted by molar-refractivity contribution is -0.180. The second kappa shape index (κ2) is 12.2. The molecule has 0 saturated heterocycles. The van der Waals surface area contributed by atoms with Crippen molar-refractivity contribution in [2.75, 3.05) is 0 Å². The molecule has 1 heterocycles. The van der Waals surface area contributed by atoms with Crippen LogP contribution >= 0.6 is 0 Å². The van der Waals surface area contributed by atoms with Gasteiger partial charge in [-0.2, -0.15) is 0 Å². The van der Waals surface area contributed by atoms with E-state index in [1.165, 1.54) is 4.68 Å². The summed E-state index contributed by atoms with van der Waals surface area (Å²) in [7, 11) is 0. The summed E-state index contributed by atoms with van der Waals surface area (Å²) in [6, 6.07) is 37.6. The molecule has 42 heavy (non-hydrogen) atoms. The van der Waals surface area contributed by atoms with Gasteiger partial charge in [-0.15, -0.1) is 5.10 Å². The highest BCUT2D eigenvalue weighted by Crippen LogP contribution is 2.34. The lowest BCUT2D eigenvalue weighted by Crippen LogP contribution is -2.54. The highest BCUT2D eigenvalue weighted by Gasteiger charge is 2.54. The second-order valence-electron chi connectivity index (χ2n) is 11.0. The Balaban J connectivity index is 1.67. The minimum atomic E-state index is -2.02. The van der Waals surface area contributed by atoms with Gasteiger partial charge in [0.15, 0.2) is 6.10 Å². The van der Waals surface area contributed by atoms with Crippen LogP contribution in [-0.2, 0) is 31.0 Å². The van der Waals surface area contributed by atoms with Crippen LogP contribution in [0.25, 0.3) is 11.3 Å². The maximum Gasteiger partial charge on any atom is 0.347 e. The number of carbonyl (C=O) groups excluding carboxylic acids is 2. The van der Waals surface area contributed by atoms with Gasteiger partial charge in [0, 0.05) is 12.0 Å². The van der Waals surface area contributed by atoms with E-state index in [2.05, 4.69) is 10.3 Å². The molecule has 0 N–H and O–H groups in total. The number of hydrogen-bond donors (Lipinski definition) is 0. The van der Waals surface area contributed by atoms with Crippen LogP contribution in [0.5, 0.6) is 0 Å². The minimum Gasteiger partial charge on any atom is -0.458 e. The number of rotatable bonds is 9. The van der Waals surface area contributed by atoms with Gasteiger partial charge in [-0.05, 0) is 37.5 Å². The van der Waals surface area contributed by atoms with Crippen molar-refractivity contribution in [3.8, 4) is 11.3 Å². The van der Waals surface area contributed by atoms with E-state index in [4.69, 9.17) is 9.47 Å². The third-order valence-corrected chi connectivity index (χ3v) is 6.76. The lowest BCUT2D eigenvalue weighted by atomic mass is 9.89. The first-order valence-corrected chi connectivity index (χ1v) is 13.8. The summed E-state index contributed by atoms with van der Waals surface area (Å²) in [4.78, 5) is 29.0. The van der Waals surface area contributed by atoms with Crippen LogP contribution in [0.15, 0.2) is 128 Å². The zero-order chi connectivity index (χ0) is 29.6. The molecule has 5 aromatic rings. The number of esters is 2. The van der Waals surface area contributed by atoms with Gasteiger partial charge < -0.3 is 9.47 Å². The minimum absolute atomic E-state index is 0.0600. The summed E-state index contributed by atoms with van der Waals surface area (Å²) < 4.78 is 13.6. The molecule has 1 atom stereocenters. The maximum absolute atomic E-state index is 14.7. The molecule has 5 rings (SSSR count). The van der Waals surface area contributed by atoms with Gasteiger partial charge in [0.1, 0.15) is 11.3 Å². The van der Waals surface area contributed by atoms with Crippen LogP contribution < -0.4 is 0 Å². The van der Waals surface area contributed by atoms with E-state index < -0.39 is 29.2 Å². The average Bonchev–Trinajstić information content (AvgIpc) is 3.50. The summed E-state index contributed by atoms with van der Waals surface area (Å²) in [6.45, 7) is 5.28.